The highest BCUT2D eigenvalue weighted by molar-refractivity contribution is 6.29. The summed E-state index contributed by atoms with van der Waals surface area (Å²) in [5.74, 6) is -0.345. The molecule has 0 aliphatic carbocycles. The molecule has 1 rings (SSSR count). The SMILES string of the molecule is Fc1cc(CCl)cc(Cl)n1. The number of nitrogens with zero attached hydrogens (tertiary/aromatic N) is 1. The van der Waals surface area contributed by atoms with Crippen LogP contribution in [0.25, 0.3) is 0 Å². The van der Waals surface area contributed by atoms with Crippen LogP contribution < -0.4 is 0 Å². The van der Waals surface area contributed by atoms with Crippen LogP contribution in [0.3, 0.4) is 0 Å². The molecule has 0 N–H and O–H groups in total. The van der Waals surface area contributed by atoms with Gasteiger partial charge in [0.1, 0.15) is 5.15 Å². The fourth-order valence-electron chi connectivity index (χ4n) is 0.591. The number of hydrogen-bond donors (Lipinski definition) is 0. The summed E-state index contributed by atoms with van der Waals surface area (Å²) in [6, 6.07) is 2.77. The van der Waals surface area contributed by atoms with Crippen LogP contribution in [0, 0.1) is 5.95 Å². The average molecular weight is 180 g/mol. The molecule has 0 fully saturated rings. The van der Waals surface area contributed by atoms with Crippen molar-refractivity contribution < 1.29 is 4.39 Å². The molecule has 0 aliphatic heterocycles. The van der Waals surface area contributed by atoms with E-state index in [1.807, 2.05) is 0 Å². The van der Waals surface area contributed by atoms with Gasteiger partial charge in [0.25, 0.3) is 0 Å². The highest BCUT2D eigenvalue weighted by atomic mass is 35.5. The Kier molecular flexibility index (Phi) is 2.46. The van der Waals surface area contributed by atoms with E-state index in [0.717, 1.165) is 0 Å². The highest BCUT2D eigenvalue weighted by Gasteiger charge is 1.97. The number of pyridine rings is 1. The van der Waals surface area contributed by atoms with E-state index in [-0.39, 0.29) is 11.0 Å². The van der Waals surface area contributed by atoms with Gasteiger partial charge in [-0.25, -0.2) is 4.98 Å². The molecule has 0 aliphatic rings. The van der Waals surface area contributed by atoms with E-state index in [9.17, 15) is 4.39 Å². The molecule has 0 unspecified atom stereocenters. The predicted molar refractivity (Wildman–Crippen MR) is 38.8 cm³/mol. The second-order valence-corrected chi connectivity index (χ2v) is 2.41. The van der Waals surface area contributed by atoms with E-state index < -0.39 is 5.95 Å². The fourth-order valence-corrected chi connectivity index (χ4v) is 0.967. The van der Waals surface area contributed by atoms with E-state index in [4.69, 9.17) is 23.2 Å². The summed E-state index contributed by atoms with van der Waals surface area (Å²) in [6.07, 6.45) is 0. The maximum absolute atomic E-state index is 12.4. The van der Waals surface area contributed by atoms with Gasteiger partial charge in [0.15, 0.2) is 0 Å². The number of aromatic nitrogens is 1. The van der Waals surface area contributed by atoms with E-state index in [2.05, 4.69) is 4.98 Å². The summed E-state index contributed by atoms with van der Waals surface area (Å²) in [4.78, 5) is 3.32. The van der Waals surface area contributed by atoms with Crippen LogP contribution in [0.15, 0.2) is 12.1 Å². The van der Waals surface area contributed by atoms with Crippen molar-refractivity contribution in [2.75, 3.05) is 0 Å². The number of halogens is 3. The predicted octanol–water partition coefficient (Wildman–Crippen LogP) is 2.61. The van der Waals surface area contributed by atoms with Crippen molar-refractivity contribution in [3.8, 4) is 0 Å². The summed E-state index contributed by atoms with van der Waals surface area (Å²) < 4.78 is 12.4. The third-order valence-corrected chi connectivity index (χ3v) is 1.48. The van der Waals surface area contributed by atoms with Gasteiger partial charge >= 0.3 is 0 Å². The molecule has 1 heterocycles. The zero-order chi connectivity index (χ0) is 7.56. The van der Waals surface area contributed by atoms with Gasteiger partial charge in [0.05, 0.1) is 0 Å². The summed E-state index contributed by atoms with van der Waals surface area (Å²) in [5, 5.41) is 0.135. The topological polar surface area (TPSA) is 12.9 Å². The Morgan fingerprint density at radius 3 is 2.70 bits per heavy atom. The van der Waals surface area contributed by atoms with Crippen LogP contribution in [0.4, 0.5) is 4.39 Å². The fraction of sp³-hybridized carbons (Fsp3) is 0.167. The van der Waals surface area contributed by atoms with Crippen molar-refractivity contribution in [3.05, 3.63) is 28.8 Å². The minimum absolute atomic E-state index is 0.135. The molecule has 0 atom stereocenters. The molecule has 0 saturated carbocycles. The summed E-state index contributed by atoms with van der Waals surface area (Å²) in [5.41, 5.74) is 0.638. The van der Waals surface area contributed by atoms with Gasteiger partial charge in [-0.15, -0.1) is 11.6 Å². The van der Waals surface area contributed by atoms with E-state index in [1.54, 1.807) is 0 Å². The molecule has 1 aromatic heterocycles. The summed E-state index contributed by atoms with van der Waals surface area (Å²) in [7, 11) is 0. The first kappa shape index (κ1) is 7.76. The van der Waals surface area contributed by atoms with Crippen LogP contribution in [0.5, 0.6) is 0 Å². The molecule has 1 nitrogen and oxygen atoms in total. The Balaban J connectivity index is 3.06. The van der Waals surface area contributed by atoms with Gasteiger partial charge in [-0.1, -0.05) is 11.6 Å². The van der Waals surface area contributed by atoms with Gasteiger partial charge < -0.3 is 0 Å². The van der Waals surface area contributed by atoms with Gasteiger partial charge in [-0.3, -0.25) is 0 Å². The highest BCUT2D eigenvalue weighted by Crippen LogP contribution is 2.11. The first-order chi connectivity index (χ1) is 4.72. The smallest absolute Gasteiger partial charge is 0.208 e. The standard InChI is InChI=1S/C6H4Cl2FN/c7-3-4-1-5(8)10-6(9)2-4/h1-2H,3H2. The lowest BCUT2D eigenvalue weighted by atomic mass is 10.3. The molecular formula is C6H4Cl2FN. The largest absolute Gasteiger partial charge is 0.214 e. The van der Waals surface area contributed by atoms with Crippen LogP contribution in [-0.4, -0.2) is 4.98 Å². The monoisotopic (exact) mass is 179 g/mol. The van der Waals surface area contributed by atoms with Crippen molar-refractivity contribution in [3.63, 3.8) is 0 Å². The van der Waals surface area contributed by atoms with E-state index in [1.165, 1.54) is 12.1 Å². The molecule has 10 heavy (non-hydrogen) atoms. The molecule has 54 valence electrons. The second kappa shape index (κ2) is 3.17. The lowest BCUT2D eigenvalue weighted by Gasteiger charge is -1.94. The quantitative estimate of drug-likeness (QED) is 0.478. The molecular weight excluding hydrogens is 176 g/mol. The molecule has 1 aromatic rings. The van der Waals surface area contributed by atoms with E-state index >= 15 is 0 Å². The molecule has 0 amide bonds. The van der Waals surface area contributed by atoms with Gasteiger partial charge in [0, 0.05) is 5.88 Å². The zero-order valence-electron chi connectivity index (χ0n) is 4.94. The van der Waals surface area contributed by atoms with E-state index in [0.29, 0.717) is 5.56 Å². The van der Waals surface area contributed by atoms with Crippen LogP contribution in [0.2, 0.25) is 5.15 Å². The van der Waals surface area contributed by atoms with Crippen LogP contribution in [0.1, 0.15) is 5.56 Å². The summed E-state index contributed by atoms with van der Waals surface area (Å²) in [6.45, 7) is 0. The Morgan fingerprint density at radius 2 is 2.20 bits per heavy atom. The number of alkyl halides is 1. The van der Waals surface area contributed by atoms with Crippen molar-refractivity contribution >= 4 is 23.2 Å². The molecule has 0 spiro atoms. The summed E-state index contributed by atoms with van der Waals surface area (Å²) >= 11 is 10.8. The minimum atomic E-state index is -0.594. The van der Waals surface area contributed by atoms with Crippen molar-refractivity contribution in [1.29, 1.82) is 0 Å². The normalized spacial score (nSPS) is 9.90. The maximum atomic E-state index is 12.4. The average Bonchev–Trinajstić information content (AvgIpc) is 1.85. The molecule has 4 heteroatoms. The Morgan fingerprint density at radius 1 is 1.50 bits per heavy atom. The lowest BCUT2D eigenvalue weighted by molar-refractivity contribution is 0.582. The van der Waals surface area contributed by atoms with Gasteiger partial charge in [0.2, 0.25) is 5.95 Å². The molecule has 0 radical (unpaired) electrons. The first-order valence-electron chi connectivity index (χ1n) is 2.60. The molecule has 0 saturated heterocycles. The van der Waals surface area contributed by atoms with Crippen LogP contribution in [-0.2, 0) is 5.88 Å². The van der Waals surface area contributed by atoms with Crippen LogP contribution >= 0.6 is 23.2 Å². The lowest BCUT2D eigenvalue weighted by Crippen LogP contribution is -1.86. The third kappa shape index (κ3) is 1.82. The first-order valence-corrected chi connectivity index (χ1v) is 3.51. The Bertz CT molecular complexity index is 219. The third-order valence-electron chi connectivity index (χ3n) is 0.977. The van der Waals surface area contributed by atoms with Crippen molar-refractivity contribution in [2.45, 2.75) is 5.88 Å². The number of rotatable bonds is 1. The Labute approximate surface area is 67.8 Å². The molecule has 0 bridgehead atoms. The molecule has 0 aromatic carbocycles. The van der Waals surface area contributed by atoms with Crippen molar-refractivity contribution in [1.82, 2.24) is 4.98 Å². The zero-order valence-corrected chi connectivity index (χ0v) is 6.45. The maximum Gasteiger partial charge on any atom is 0.214 e. The Hall–Kier alpha value is -0.340. The van der Waals surface area contributed by atoms with Gasteiger partial charge in [-0.2, -0.15) is 4.39 Å². The second-order valence-electron chi connectivity index (χ2n) is 1.75. The number of hydrogen-bond acceptors (Lipinski definition) is 1. The minimum Gasteiger partial charge on any atom is -0.208 e. The van der Waals surface area contributed by atoms with Crippen molar-refractivity contribution in [2.24, 2.45) is 0 Å². The van der Waals surface area contributed by atoms with Gasteiger partial charge in [-0.05, 0) is 17.7 Å².